The summed E-state index contributed by atoms with van der Waals surface area (Å²) in [6.07, 6.45) is 3.01. The van der Waals surface area contributed by atoms with Crippen LogP contribution in [0.3, 0.4) is 0 Å². The van der Waals surface area contributed by atoms with Crippen molar-refractivity contribution >= 4 is 6.09 Å². The fraction of sp³-hybridized carbons (Fsp3) is 0.520. The molecule has 1 aromatic heterocycles. The minimum absolute atomic E-state index is 0.0548. The van der Waals surface area contributed by atoms with Crippen molar-refractivity contribution in [1.82, 2.24) is 15.2 Å². The molecule has 1 fully saturated rings. The molecule has 172 valence electrons. The number of aromatic nitrogens is 1. The summed E-state index contributed by atoms with van der Waals surface area (Å²) in [5.41, 5.74) is 3.85. The number of piperidine rings is 1. The number of pyridine rings is 1. The highest BCUT2D eigenvalue weighted by Crippen LogP contribution is 2.44. The van der Waals surface area contributed by atoms with Gasteiger partial charge in [0.1, 0.15) is 5.60 Å². The summed E-state index contributed by atoms with van der Waals surface area (Å²) in [7, 11) is 1.56. The zero-order valence-electron chi connectivity index (χ0n) is 19.5. The SMILES string of the molecule is COc1cc2c(cc1O)CCN1CC(c3cc(C)ccn3)C(NC(=O)OC(C)(C)C)CC21. The van der Waals surface area contributed by atoms with Crippen LogP contribution in [0.15, 0.2) is 30.5 Å². The van der Waals surface area contributed by atoms with Gasteiger partial charge in [-0.1, -0.05) is 0 Å². The first kappa shape index (κ1) is 22.4. The van der Waals surface area contributed by atoms with Crippen LogP contribution in [0, 0.1) is 6.92 Å². The van der Waals surface area contributed by atoms with Crippen LogP contribution in [0.2, 0.25) is 0 Å². The van der Waals surface area contributed by atoms with E-state index in [1.807, 2.05) is 45.2 Å². The van der Waals surface area contributed by atoms with E-state index in [1.165, 1.54) is 0 Å². The van der Waals surface area contributed by atoms with Crippen molar-refractivity contribution in [3.8, 4) is 11.5 Å². The van der Waals surface area contributed by atoms with E-state index in [1.54, 1.807) is 7.11 Å². The topological polar surface area (TPSA) is 83.9 Å². The molecule has 7 nitrogen and oxygen atoms in total. The number of hydrogen-bond donors (Lipinski definition) is 2. The summed E-state index contributed by atoms with van der Waals surface area (Å²) in [5, 5.41) is 13.4. The average molecular weight is 440 g/mol. The van der Waals surface area contributed by atoms with E-state index in [4.69, 9.17) is 9.47 Å². The number of rotatable bonds is 3. The highest BCUT2D eigenvalue weighted by atomic mass is 16.6. The van der Waals surface area contributed by atoms with Gasteiger partial charge >= 0.3 is 6.09 Å². The van der Waals surface area contributed by atoms with Gasteiger partial charge in [-0.25, -0.2) is 4.79 Å². The fourth-order valence-electron chi connectivity index (χ4n) is 4.89. The van der Waals surface area contributed by atoms with E-state index in [9.17, 15) is 9.90 Å². The minimum Gasteiger partial charge on any atom is -0.504 e. The summed E-state index contributed by atoms with van der Waals surface area (Å²) >= 11 is 0. The molecular formula is C25H33N3O4. The van der Waals surface area contributed by atoms with Crippen molar-refractivity contribution in [2.45, 2.75) is 64.1 Å². The van der Waals surface area contributed by atoms with Crippen molar-refractivity contribution in [3.05, 3.63) is 52.8 Å². The number of hydrogen-bond acceptors (Lipinski definition) is 6. The van der Waals surface area contributed by atoms with Crippen molar-refractivity contribution in [2.75, 3.05) is 20.2 Å². The molecule has 2 N–H and O–H groups in total. The summed E-state index contributed by atoms with van der Waals surface area (Å²) in [6, 6.07) is 7.84. The molecular weight excluding hydrogens is 406 g/mol. The highest BCUT2D eigenvalue weighted by molar-refractivity contribution is 5.68. The third-order valence-electron chi connectivity index (χ3n) is 6.32. The number of alkyl carbamates (subject to hydrolysis) is 1. The Morgan fingerprint density at radius 3 is 2.75 bits per heavy atom. The molecule has 0 aliphatic carbocycles. The van der Waals surface area contributed by atoms with Crippen LogP contribution in [-0.2, 0) is 11.2 Å². The largest absolute Gasteiger partial charge is 0.504 e. The molecule has 0 spiro atoms. The van der Waals surface area contributed by atoms with Gasteiger partial charge in [0, 0.05) is 43.0 Å². The van der Waals surface area contributed by atoms with Crippen LogP contribution < -0.4 is 10.1 Å². The molecule has 2 aromatic rings. The quantitative estimate of drug-likeness (QED) is 0.750. The summed E-state index contributed by atoms with van der Waals surface area (Å²) < 4.78 is 10.9. The number of nitrogens with zero attached hydrogens (tertiary/aromatic N) is 2. The van der Waals surface area contributed by atoms with Gasteiger partial charge in [0.15, 0.2) is 11.5 Å². The van der Waals surface area contributed by atoms with Crippen molar-refractivity contribution in [2.24, 2.45) is 0 Å². The Morgan fingerprint density at radius 1 is 1.28 bits per heavy atom. The van der Waals surface area contributed by atoms with E-state index in [2.05, 4.69) is 28.2 Å². The molecule has 1 saturated heterocycles. The van der Waals surface area contributed by atoms with Gasteiger partial charge < -0.3 is 19.9 Å². The van der Waals surface area contributed by atoms with Crippen LogP contribution in [-0.4, -0.2) is 52.9 Å². The summed E-state index contributed by atoms with van der Waals surface area (Å²) in [6.45, 7) is 9.33. The number of ether oxygens (including phenoxy) is 2. The smallest absolute Gasteiger partial charge is 0.407 e. The van der Waals surface area contributed by atoms with Gasteiger partial charge in [0.05, 0.1) is 7.11 Å². The van der Waals surface area contributed by atoms with E-state index in [-0.39, 0.29) is 23.8 Å². The maximum absolute atomic E-state index is 12.7. The third-order valence-corrected chi connectivity index (χ3v) is 6.32. The minimum atomic E-state index is -0.565. The molecule has 4 rings (SSSR count). The highest BCUT2D eigenvalue weighted by Gasteiger charge is 2.41. The van der Waals surface area contributed by atoms with Gasteiger partial charge in [-0.05, 0) is 81.5 Å². The van der Waals surface area contributed by atoms with Crippen molar-refractivity contribution in [3.63, 3.8) is 0 Å². The van der Waals surface area contributed by atoms with Crippen molar-refractivity contribution in [1.29, 1.82) is 0 Å². The Morgan fingerprint density at radius 2 is 2.06 bits per heavy atom. The van der Waals surface area contributed by atoms with Gasteiger partial charge in [-0.2, -0.15) is 0 Å². The molecule has 0 radical (unpaired) electrons. The monoisotopic (exact) mass is 439 g/mol. The number of carbonyl (C=O) groups is 1. The molecule has 7 heteroatoms. The number of nitrogens with one attached hydrogen (secondary N) is 1. The number of phenols is 1. The third kappa shape index (κ3) is 4.67. The average Bonchev–Trinajstić information content (AvgIpc) is 2.71. The van der Waals surface area contributed by atoms with Crippen LogP contribution in [0.5, 0.6) is 11.5 Å². The molecule has 1 amide bonds. The molecule has 2 aliphatic heterocycles. The van der Waals surface area contributed by atoms with Crippen LogP contribution in [0.1, 0.15) is 61.5 Å². The number of aryl methyl sites for hydroxylation is 1. The summed E-state index contributed by atoms with van der Waals surface area (Å²) in [4.78, 5) is 19.8. The first-order valence-electron chi connectivity index (χ1n) is 11.2. The standard InChI is InChI=1S/C25H33N3O4/c1-15-6-8-26-19(10-15)18-14-28-9-7-16-11-22(29)23(31-5)12-17(16)21(28)13-20(18)27-24(30)32-25(2,3)4/h6,8,10-12,18,20-21,29H,7,9,13-14H2,1-5H3,(H,27,30). The molecule has 3 heterocycles. The molecule has 3 atom stereocenters. The molecule has 32 heavy (non-hydrogen) atoms. The zero-order chi connectivity index (χ0) is 23.0. The number of phenolic OH excluding ortho intramolecular Hbond substituents is 1. The first-order chi connectivity index (χ1) is 15.1. The van der Waals surface area contributed by atoms with Gasteiger partial charge in [-0.3, -0.25) is 9.88 Å². The van der Waals surface area contributed by atoms with Gasteiger partial charge in [0.2, 0.25) is 0 Å². The number of methoxy groups -OCH3 is 1. The Kier molecular flexibility index (Phi) is 6.03. The van der Waals surface area contributed by atoms with Crippen LogP contribution >= 0.6 is 0 Å². The lowest BCUT2D eigenvalue weighted by atomic mass is 9.79. The van der Waals surface area contributed by atoms with E-state index < -0.39 is 11.7 Å². The normalized spacial score (nSPS) is 23.1. The van der Waals surface area contributed by atoms with Crippen LogP contribution in [0.25, 0.3) is 0 Å². The Hall–Kier alpha value is -2.80. The molecule has 3 unspecified atom stereocenters. The Bertz CT molecular complexity index is 1000. The van der Waals surface area contributed by atoms with Crippen molar-refractivity contribution < 1.29 is 19.4 Å². The maximum Gasteiger partial charge on any atom is 0.407 e. The van der Waals surface area contributed by atoms with Gasteiger partial charge in [-0.15, -0.1) is 0 Å². The number of benzene rings is 1. The number of fused-ring (bicyclic) bond motifs is 3. The second-order valence-electron chi connectivity index (χ2n) is 9.84. The lowest BCUT2D eigenvalue weighted by molar-refractivity contribution is 0.0411. The second-order valence-corrected chi connectivity index (χ2v) is 9.84. The predicted octanol–water partition coefficient (Wildman–Crippen LogP) is 4.08. The second kappa shape index (κ2) is 8.62. The number of amides is 1. The Balaban J connectivity index is 1.67. The lowest BCUT2D eigenvalue weighted by Gasteiger charge is -2.47. The summed E-state index contributed by atoms with van der Waals surface area (Å²) in [5.74, 6) is 0.699. The predicted molar refractivity (Wildman–Crippen MR) is 122 cm³/mol. The lowest BCUT2D eigenvalue weighted by Crippen LogP contribution is -2.53. The zero-order valence-corrected chi connectivity index (χ0v) is 19.5. The van der Waals surface area contributed by atoms with Gasteiger partial charge in [0.25, 0.3) is 0 Å². The Labute approximate surface area is 189 Å². The van der Waals surface area contributed by atoms with E-state index >= 15 is 0 Å². The maximum atomic E-state index is 12.7. The molecule has 1 aromatic carbocycles. The van der Waals surface area contributed by atoms with E-state index in [0.717, 1.165) is 48.3 Å². The number of carbonyl (C=O) groups excluding carboxylic acids is 1. The molecule has 0 bridgehead atoms. The van der Waals surface area contributed by atoms with Crippen LogP contribution in [0.4, 0.5) is 4.79 Å². The first-order valence-corrected chi connectivity index (χ1v) is 11.2. The molecule has 2 aliphatic rings. The van der Waals surface area contributed by atoms with E-state index in [0.29, 0.717) is 5.75 Å². The molecule has 0 saturated carbocycles. The number of aromatic hydroxyl groups is 1. The fourth-order valence-corrected chi connectivity index (χ4v) is 4.89.